The number of hydrogen-bond donors (Lipinski definition) is 1. The fourth-order valence-electron chi connectivity index (χ4n) is 1.65. The van der Waals surface area contributed by atoms with Gasteiger partial charge in [-0.15, -0.1) is 0 Å². The van der Waals surface area contributed by atoms with Gasteiger partial charge in [0.05, 0.1) is 4.88 Å². The van der Waals surface area contributed by atoms with Crippen molar-refractivity contribution in [3.8, 4) is 22.3 Å². The smallest absolute Gasteiger partial charge is 0.190 e. The lowest BCUT2D eigenvalue weighted by Gasteiger charge is -2.01. The Kier molecular flexibility index (Phi) is 2.94. The largest absolute Gasteiger partial charge is 0.499 e. The number of carbonyl (C=O) groups excluding carboxylic acids is 1. The minimum atomic E-state index is -0.148. The van der Waals surface area contributed by atoms with E-state index in [-0.39, 0.29) is 16.4 Å². The maximum Gasteiger partial charge on any atom is 0.190 e. The number of hydrogen-bond acceptors (Lipinski definition) is 4. The van der Waals surface area contributed by atoms with Crippen LogP contribution in [-0.4, -0.2) is 10.9 Å². The lowest BCUT2D eigenvalue weighted by atomic mass is 10.0. The first-order valence-electron chi connectivity index (χ1n) is 4.97. The summed E-state index contributed by atoms with van der Waals surface area (Å²) in [5.41, 5.74) is 1.47. The molecule has 0 atom stereocenters. The number of nitrogens with zero attached hydrogens (tertiary/aromatic N) is 1. The number of nitriles is 1. The second-order valence-electron chi connectivity index (χ2n) is 3.52. The average Bonchev–Trinajstić information content (AvgIpc) is 2.67. The molecule has 1 aromatic carbocycles. The van der Waals surface area contributed by atoms with Crippen LogP contribution in [0.2, 0.25) is 0 Å². The fourth-order valence-corrected chi connectivity index (χ4v) is 2.56. The minimum absolute atomic E-state index is 0.100. The minimum Gasteiger partial charge on any atom is -0.499 e. The van der Waals surface area contributed by atoms with Crippen molar-refractivity contribution in [3.05, 3.63) is 40.8 Å². The summed E-state index contributed by atoms with van der Waals surface area (Å²) in [6, 6.07) is 11.1. The highest BCUT2D eigenvalue weighted by Crippen LogP contribution is 2.40. The summed E-state index contributed by atoms with van der Waals surface area (Å²) in [4.78, 5) is 11.9. The zero-order valence-electron chi connectivity index (χ0n) is 9.10. The van der Waals surface area contributed by atoms with Crippen molar-refractivity contribution in [2.24, 2.45) is 0 Å². The molecule has 4 heteroatoms. The van der Waals surface area contributed by atoms with E-state index in [2.05, 4.69) is 0 Å². The fraction of sp³-hybridized carbons (Fsp3) is 0.0769. The van der Waals surface area contributed by atoms with Crippen LogP contribution >= 0.6 is 11.3 Å². The van der Waals surface area contributed by atoms with Crippen molar-refractivity contribution in [2.45, 2.75) is 6.92 Å². The molecule has 0 aliphatic heterocycles. The third-order valence-electron chi connectivity index (χ3n) is 2.38. The first-order valence-corrected chi connectivity index (χ1v) is 5.79. The number of rotatable bonds is 2. The first kappa shape index (κ1) is 11.4. The number of benzene rings is 1. The summed E-state index contributed by atoms with van der Waals surface area (Å²) in [5, 5.41) is 18.6. The van der Waals surface area contributed by atoms with Crippen LogP contribution in [0.5, 0.6) is 5.06 Å². The van der Waals surface area contributed by atoms with Gasteiger partial charge in [-0.2, -0.15) is 5.26 Å². The second kappa shape index (κ2) is 4.40. The van der Waals surface area contributed by atoms with E-state index in [1.165, 1.54) is 6.92 Å². The van der Waals surface area contributed by atoms with Crippen LogP contribution < -0.4 is 0 Å². The molecule has 1 N–H and O–H groups in total. The van der Waals surface area contributed by atoms with E-state index in [1.54, 1.807) is 0 Å². The molecular formula is C13H9NO2S. The summed E-state index contributed by atoms with van der Waals surface area (Å²) < 4.78 is 0. The van der Waals surface area contributed by atoms with Gasteiger partial charge in [0, 0.05) is 5.56 Å². The lowest BCUT2D eigenvalue weighted by molar-refractivity contribution is 0.102. The molecule has 1 aromatic heterocycles. The van der Waals surface area contributed by atoms with E-state index in [4.69, 9.17) is 5.26 Å². The molecule has 1 heterocycles. The van der Waals surface area contributed by atoms with E-state index >= 15 is 0 Å². The molecule has 0 saturated carbocycles. The molecule has 17 heavy (non-hydrogen) atoms. The van der Waals surface area contributed by atoms with Gasteiger partial charge in [0.15, 0.2) is 10.8 Å². The number of thiophene rings is 1. The zero-order valence-corrected chi connectivity index (χ0v) is 9.91. The van der Waals surface area contributed by atoms with Gasteiger partial charge in [0.1, 0.15) is 11.6 Å². The quantitative estimate of drug-likeness (QED) is 0.824. The predicted molar refractivity (Wildman–Crippen MR) is 66.1 cm³/mol. The molecule has 0 spiro atoms. The van der Waals surface area contributed by atoms with Crippen molar-refractivity contribution in [1.82, 2.24) is 0 Å². The Morgan fingerprint density at radius 3 is 2.53 bits per heavy atom. The number of aromatic hydroxyl groups is 1. The van der Waals surface area contributed by atoms with E-state index < -0.39 is 0 Å². The van der Waals surface area contributed by atoms with Gasteiger partial charge in [0.25, 0.3) is 0 Å². The normalized spacial score (nSPS) is 9.88. The predicted octanol–water partition coefficient (Wildman–Crippen LogP) is 3.19. The molecule has 0 aliphatic carbocycles. The Hall–Kier alpha value is -2.12. The summed E-state index contributed by atoms with van der Waals surface area (Å²) in [5.74, 6) is -0.148. The van der Waals surface area contributed by atoms with Crippen molar-refractivity contribution in [2.75, 3.05) is 0 Å². The average molecular weight is 243 g/mol. The molecule has 2 rings (SSSR count). The lowest BCUT2D eigenvalue weighted by Crippen LogP contribution is -1.91. The molecule has 0 radical (unpaired) electrons. The summed E-state index contributed by atoms with van der Waals surface area (Å²) in [6.07, 6.45) is 0. The molecule has 0 unspecified atom stereocenters. The van der Waals surface area contributed by atoms with E-state index in [0.29, 0.717) is 10.4 Å². The van der Waals surface area contributed by atoms with Gasteiger partial charge >= 0.3 is 0 Å². The van der Waals surface area contributed by atoms with Crippen LogP contribution in [0.15, 0.2) is 30.3 Å². The summed E-state index contributed by atoms with van der Waals surface area (Å²) >= 11 is 0.952. The third-order valence-corrected chi connectivity index (χ3v) is 3.48. The van der Waals surface area contributed by atoms with E-state index in [0.717, 1.165) is 16.9 Å². The van der Waals surface area contributed by atoms with Gasteiger partial charge in [-0.25, -0.2) is 0 Å². The maximum atomic E-state index is 11.5. The van der Waals surface area contributed by atoms with Crippen LogP contribution in [0.4, 0.5) is 0 Å². The molecule has 0 saturated heterocycles. The molecule has 3 nitrogen and oxygen atoms in total. The van der Waals surface area contributed by atoms with Crippen molar-refractivity contribution in [3.63, 3.8) is 0 Å². The number of Topliss-reactive ketones (excluding diaryl/α,β-unsaturated/α-hetero) is 1. The Bertz CT molecular complexity index is 608. The Morgan fingerprint density at radius 2 is 2.00 bits per heavy atom. The molecule has 0 amide bonds. The van der Waals surface area contributed by atoms with Crippen molar-refractivity contribution < 1.29 is 9.90 Å². The zero-order chi connectivity index (χ0) is 12.4. The van der Waals surface area contributed by atoms with Crippen LogP contribution in [0.3, 0.4) is 0 Å². The first-order chi connectivity index (χ1) is 8.15. The van der Waals surface area contributed by atoms with Crippen molar-refractivity contribution >= 4 is 17.1 Å². The van der Waals surface area contributed by atoms with Gasteiger partial charge in [-0.3, -0.25) is 4.79 Å². The Morgan fingerprint density at radius 1 is 1.35 bits per heavy atom. The maximum absolute atomic E-state index is 11.5. The van der Waals surface area contributed by atoms with Crippen LogP contribution in [-0.2, 0) is 0 Å². The molecule has 2 aromatic rings. The van der Waals surface area contributed by atoms with E-state index in [9.17, 15) is 9.90 Å². The van der Waals surface area contributed by atoms with E-state index in [1.807, 2.05) is 36.4 Å². The summed E-state index contributed by atoms with van der Waals surface area (Å²) in [6.45, 7) is 1.43. The molecule has 0 bridgehead atoms. The molecular weight excluding hydrogens is 234 g/mol. The Balaban J connectivity index is 2.76. The topological polar surface area (TPSA) is 61.1 Å². The third kappa shape index (κ3) is 1.93. The monoisotopic (exact) mass is 243 g/mol. The summed E-state index contributed by atoms with van der Waals surface area (Å²) in [7, 11) is 0. The second-order valence-corrected chi connectivity index (χ2v) is 4.52. The van der Waals surface area contributed by atoms with Crippen LogP contribution in [0.25, 0.3) is 11.1 Å². The number of ketones is 1. The van der Waals surface area contributed by atoms with Gasteiger partial charge in [-0.05, 0) is 12.5 Å². The van der Waals surface area contributed by atoms with Crippen LogP contribution in [0, 0.1) is 11.3 Å². The van der Waals surface area contributed by atoms with Crippen molar-refractivity contribution in [1.29, 1.82) is 5.26 Å². The van der Waals surface area contributed by atoms with Gasteiger partial charge < -0.3 is 5.11 Å². The highest BCUT2D eigenvalue weighted by atomic mass is 32.1. The highest BCUT2D eigenvalue weighted by Gasteiger charge is 2.21. The highest BCUT2D eigenvalue weighted by molar-refractivity contribution is 7.16. The molecule has 84 valence electrons. The van der Waals surface area contributed by atoms with Gasteiger partial charge in [-0.1, -0.05) is 41.7 Å². The standard InChI is InChI=1S/C13H9NO2S/c1-8(15)12-11(9-5-3-2-4-6-9)10(7-14)13(16)17-12/h2-6,16H,1H3. The van der Waals surface area contributed by atoms with Gasteiger partial charge in [0.2, 0.25) is 0 Å². The SMILES string of the molecule is CC(=O)c1sc(O)c(C#N)c1-c1ccccc1. The number of carbonyl (C=O) groups is 1. The van der Waals surface area contributed by atoms with Crippen LogP contribution in [0.1, 0.15) is 22.2 Å². The molecule has 0 fully saturated rings. The Labute approximate surface area is 103 Å². The molecule has 0 aliphatic rings.